The molecule has 188 valence electrons. The Labute approximate surface area is 214 Å². The molecule has 0 atom stereocenters. The molecule has 9 heteroatoms. The molecule has 0 bridgehead atoms. The average molecular weight is 496 g/mol. The molecule has 0 aliphatic rings. The van der Waals surface area contributed by atoms with Crippen molar-refractivity contribution in [2.75, 3.05) is 18.4 Å². The molecule has 5 aromatic rings. The van der Waals surface area contributed by atoms with Gasteiger partial charge in [0, 0.05) is 64.4 Å². The van der Waals surface area contributed by atoms with Gasteiger partial charge in [0.05, 0.1) is 17.6 Å². The van der Waals surface area contributed by atoms with Crippen molar-refractivity contribution < 1.29 is 9.59 Å². The Bertz CT molecular complexity index is 1610. The summed E-state index contributed by atoms with van der Waals surface area (Å²) in [6.07, 6.45) is 5.11. The monoisotopic (exact) mass is 495 g/mol. The molecule has 0 saturated carbocycles. The van der Waals surface area contributed by atoms with Crippen LogP contribution in [0.3, 0.4) is 0 Å². The number of nitrogens with zero attached hydrogens (tertiary/aromatic N) is 4. The number of benzene rings is 1. The number of carbonyl (C=O) groups excluding carboxylic acids is 2. The fourth-order valence-electron chi connectivity index (χ4n) is 4.37. The highest BCUT2D eigenvalue weighted by Crippen LogP contribution is 2.32. The smallest absolute Gasteiger partial charge is 0.254 e. The Kier molecular flexibility index (Phi) is 6.43. The van der Waals surface area contributed by atoms with Crippen LogP contribution in [-0.4, -0.2) is 55.0 Å². The summed E-state index contributed by atoms with van der Waals surface area (Å²) in [5.41, 5.74) is 5.97. The van der Waals surface area contributed by atoms with Crippen molar-refractivity contribution in [3.05, 3.63) is 60.6 Å². The number of aromatic nitrogens is 5. The van der Waals surface area contributed by atoms with E-state index in [2.05, 4.69) is 30.5 Å². The van der Waals surface area contributed by atoms with E-state index in [1.165, 1.54) is 0 Å². The van der Waals surface area contributed by atoms with E-state index in [4.69, 9.17) is 0 Å². The molecular formula is C28H29N7O2. The molecule has 0 saturated heterocycles. The quantitative estimate of drug-likeness (QED) is 0.285. The summed E-state index contributed by atoms with van der Waals surface area (Å²) < 4.78 is 0. The van der Waals surface area contributed by atoms with Gasteiger partial charge < -0.3 is 15.2 Å². The number of hydrogen-bond donors (Lipinski definition) is 3. The standard InChI is InChI=1S/C28H29N7O2/c1-5-35(6-2)28(37)20-8-7-9-23-21(20)12-24(32-23)25-22-11-18(14-30-26(22)34-33-25)17-10-19(15-29-13-17)31-27(36)16(3)4/h7-16,32H,5-6H2,1-4H3,(H,31,36)(H,30,33,34). The van der Waals surface area contributed by atoms with Crippen LogP contribution in [0, 0.1) is 5.92 Å². The lowest BCUT2D eigenvalue weighted by Crippen LogP contribution is -2.30. The maximum Gasteiger partial charge on any atom is 0.254 e. The van der Waals surface area contributed by atoms with Crippen molar-refractivity contribution >= 4 is 39.4 Å². The Hall–Kier alpha value is -4.53. The number of aromatic amines is 2. The first-order valence-corrected chi connectivity index (χ1v) is 12.4. The minimum absolute atomic E-state index is 0.00827. The predicted molar refractivity (Wildman–Crippen MR) is 145 cm³/mol. The van der Waals surface area contributed by atoms with E-state index < -0.39 is 0 Å². The number of nitrogens with one attached hydrogen (secondary N) is 3. The normalized spacial score (nSPS) is 11.4. The minimum atomic E-state index is -0.130. The zero-order valence-corrected chi connectivity index (χ0v) is 21.3. The van der Waals surface area contributed by atoms with E-state index in [1.54, 1.807) is 18.6 Å². The van der Waals surface area contributed by atoms with Gasteiger partial charge in [0.15, 0.2) is 5.65 Å². The molecule has 0 fully saturated rings. The number of rotatable bonds is 7. The third kappa shape index (κ3) is 4.55. The highest BCUT2D eigenvalue weighted by Gasteiger charge is 2.19. The molecule has 3 N–H and O–H groups in total. The second-order valence-corrected chi connectivity index (χ2v) is 9.23. The van der Waals surface area contributed by atoms with Gasteiger partial charge in [0.1, 0.15) is 5.69 Å². The first-order chi connectivity index (χ1) is 17.9. The van der Waals surface area contributed by atoms with Gasteiger partial charge in [-0.15, -0.1) is 0 Å². The molecule has 0 radical (unpaired) electrons. The summed E-state index contributed by atoms with van der Waals surface area (Å²) in [6, 6.07) is 11.6. The van der Waals surface area contributed by atoms with Gasteiger partial charge in [-0.05, 0) is 44.2 Å². The SMILES string of the molecule is CCN(CC)C(=O)c1cccc2[nH]c(-c3n[nH]c4ncc(-c5cncc(NC(=O)C(C)C)c5)cc34)cc12. The molecule has 9 nitrogen and oxygen atoms in total. The lowest BCUT2D eigenvalue weighted by molar-refractivity contribution is -0.118. The Morgan fingerprint density at radius 2 is 1.78 bits per heavy atom. The maximum absolute atomic E-state index is 13.1. The number of amides is 2. The van der Waals surface area contributed by atoms with E-state index in [1.807, 2.05) is 69.0 Å². The van der Waals surface area contributed by atoms with Crippen LogP contribution in [0.25, 0.3) is 44.5 Å². The number of H-pyrrole nitrogens is 2. The van der Waals surface area contributed by atoms with E-state index in [0.717, 1.165) is 33.1 Å². The Morgan fingerprint density at radius 3 is 2.54 bits per heavy atom. The van der Waals surface area contributed by atoms with Gasteiger partial charge in [-0.3, -0.25) is 19.7 Å². The molecule has 0 unspecified atom stereocenters. The van der Waals surface area contributed by atoms with E-state index >= 15 is 0 Å². The molecule has 0 spiro atoms. The Balaban J connectivity index is 1.54. The first-order valence-electron chi connectivity index (χ1n) is 12.4. The van der Waals surface area contributed by atoms with Crippen LogP contribution >= 0.6 is 0 Å². The van der Waals surface area contributed by atoms with Crippen LogP contribution in [0.1, 0.15) is 38.1 Å². The second-order valence-electron chi connectivity index (χ2n) is 9.23. The average Bonchev–Trinajstić information content (AvgIpc) is 3.53. The highest BCUT2D eigenvalue weighted by molar-refractivity contribution is 6.08. The second kappa shape index (κ2) is 9.85. The van der Waals surface area contributed by atoms with Crippen LogP contribution in [-0.2, 0) is 4.79 Å². The summed E-state index contributed by atoms with van der Waals surface area (Å²) >= 11 is 0. The van der Waals surface area contributed by atoms with Gasteiger partial charge in [-0.1, -0.05) is 19.9 Å². The molecule has 0 aliphatic heterocycles. The molecule has 0 aliphatic carbocycles. The van der Waals surface area contributed by atoms with Crippen molar-refractivity contribution in [3.63, 3.8) is 0 Å². The zero-order valence-electron chi connectivity index (χ0n) is 21.3. The van der Waals surface area contributed by atoms with Gasteiger partial charge >= 0.3 is 0 Å². The number of carbonyl (C=O) groups is 2. The van der Waals surface area contributed by atoms with Crippen molar-refractivity contribution in [2.24, 2.45) is 5.92 Å². The Morgan fingerprint density at radius 1 is 1.00 bits per heavy atom. The van der Waals surface area contributed by atoms with Crippen molar-refractivity contribution in [2.45, 2.75) is 27.7 Å². The third-order valence-electron chi connectivity index (χ3n) is 6.48. The summed E-state index contributed by atoms with van der Waals surface area (Å²) in [7, 11) is 0. The first kappa shape index (κ1) is 24.2. The van der Waals surface area contributed by atoms with Crippen LogP contribution in [0.5, 0.6) is 0 Å². The molecule has 2 amide bonds. The fraction of sp³-hybridized carbons (Fsp3) is 0.250. The van der Waals surface area contributed by atoms with Crippen LogP contribution in [0.15, 0.2) is 55.0 Å². The lowest BCUT2D eigenvalue weighted by atomic mass is 10.1. The summed E-state index contributed by atoms with van der Waals surface area (Å²) in [5, 5.41) is 12.1. The van der Waals surface area contributed by atoms with Crippen molar-refractivity contribution in [1.29, 1.82) is 0 Å². The number of fused-ring (bicyclic) bond motifs is 2. The van der Waals surface area contributed by atoms with Gasteiger partial charge in [0.2, 0.25) is 5.91 Å². The van der Waals surface area contributed by atoms with E-state index in [9.17, 15) is 9.59 Å². The highest BCUT2D eigenvalue weighted by atomic mass is 16.2. The van der Waals surface area contributed by atoms with Crippen LogP contribution in [0.2, 0.25) is 0 Å². The number of anilines is 1. The molecule has 5 rings (SSSR count). The largest absolute Gasteiger partial charge is 0.353 e. The zero-order chi connectivity index (χ0) is 26.1. The van der Waals surface area contributed by atoms with Crippen molar-refractivity contribution in [3.8, 4) is 22.5 Å². The molecule has 4 heterocycles. The third-order valence-corrected chi connectivity index (χ3v) is 6.48. The minimum Gasteiger partial charge on any atom is -0.353 e. The van der Waals surface area contributed by atoms with Gasteiger partial charge in [0.25, 0.3) is 5.91 Å². The number of hydrogen-bond acceptors (Lipinski definition) is 5. The topological polar surface area (TPSA) is 120 Å². The molecular weight excluding hydrogens is 466 g/mol. The van der Waals surface area contributed by atoms with Gasteiger partial charge in [-0.2, -0.15) is 5.10 Å². The van der Waals surface area contributed by atoms with Gasteiger partial charge in [-0.25, -0.2) is 4.98 Å². The summed E-state index contributed by atoms with van der Waals surface area (Å²) in [4.78, 5) is 39.3. The van der Waals surface area contributed by atoms with Crippen molar-refractivity contribution in [1.82, 2.24) is 30.0 Å². The molecule has 1 aromatic carbocycles. The fourth-order valence-corrected chi connectivity index (χ4v) is 4.37. The van der Waals surface area contributed by atoms with Crippen LogP contribution in [0.4, 0.5) is 5.69 Å². The van der Waals surface area contributed by atoms with E-state index in [0.29, 0.717) is 35.7 Å². The number of pyridine rings is 2. The maximum atomic E-state index is 13.1. The molecule has 4 aromatic heterocycles. The van der Waals surface area contributed by atoms with E-state index in [-0.39, 0.29) is 17.7 Å². The predicted octanol–water partition coefficient (Wildman–Crippen LogP) is 5.24. The van der Waals surface area contributed by atoms with Crippen LogP contribution < -0.4 is 5.32 Å². The molecule has 37 heavy (non-hydrogen) atoms. The lowest BCUT2D eigenvalue weighted by Gasteiger charge is -2.18. The summed E-state index contributed by atoms with van der Waals surface area (Å²) in [5.74, 6) is -0.189. The summed E-state index contributed by atoms with van der Waals surface area (Å²) in [6.45, 7) is 8.95.